The van der Waals surface area contributed by atoms with E-state index in [-0.39, 0.29) is 13.0 Å². The predicted molar refractivity (Wildman–Crippen MR) is 65.2 cm³/mol. The van der Waals surface area contributed by atoms with Crippen molar-refractivity contribution in [2.75, 3.05) is 6.26 Å². The van der Waals surface area contributed by atoms with Crippen molar-refractivity contribution >= 4 is 15.8 Å². The highest BCUT2D eigenvalue weighted by Crippen LogP contribution is 2.09. The van der Waals surface area contributed by atoms with Crippen LogP contribution in [0.15, 0.2) is 30.3 Å². The summed E-state index contributed by atoms with van der Waals surface area (Å²) in [7, 11) is -3.39. The topological polar surface area (TPSA) is 60.4 Å². The van der Waals surface area contributed by atoms with E-state index < -0.39 is 21.1 Å². The van der Waals surface area contributed by atoms with E-state index in [4.69, 9.17) is 4.74 Å². The van der Waals surface area contributed by atoms with Crippen LogP contribution in [-0.2, 0) is 26.0 Å². The molecule has 1 atom stereocenters. The molecule has 0 aromatic heterocycles. The van der Waals surface area contributed by atoms with E-state index in [1.54, 1.807) is 6.92 Å². The van der Waals surface area contributed by atoms with Gasteiger partial charge < -0.3 is 4.74 Å². The molecule has 94 valence electrons. The molecule has 17 heavy (non-hydrogen) atoms. The highest BCUT2D eigenvalue weighted by molar-refractivity contribution is 7.92. The van der Waals surface area contributed by atoms with Crippen LogP contribution in [0.2, 0.25) is 0 Å². The summed E-state index contributed by atoms with van der Waals surface area (Å²) in [5, 5.41) is -1.06. The quantitative estimate of drug-likeness (QED) is 0.750. The minimum absolute atomic E-state index is 0.103. The maximum Gasteiger partial charge on any atom is 0.324 e. The second-order valence-corrected chi connectivity index (χ2v) is 6.05. The van der Waals surface area contributed by atoms with E-state index in [1.165, 1.54) is 0 Å². The lowest BCUT2D eigenvalue weighted by Gasteiger charge is -2.12. The lowest BCUT2D eigenvalue weighted by molar-refractivity contribution is -0.144. The maximum atomic E-state index is 11.6. The third-order valence-electron chi connectivity index (χ3n) is 2.37. The summed E-state index contributed by atoms with van der Waals surface area (Å²) < 4.78 is 27.6. The molecule has 0 bridgehead atoms. The summed E-state index contributed by atoms with van der Waals surface area (Å²) in [4.78, 5) is 11.6. The standard InChI is InChI=1S/C12H16O4S/c1-3-11(17(2,14)15)12(13)16-9-10-7-5-4-6-8-10/h4-8,11H,3,9H2,1-2H3. The lowest BCUT2D eigenvalue weighted by Crippen LogP contribution is -2.30. The molecule has 0 spiro atoms. The van der Waals surface area contributed by atoms with Gasteiger partial charge in [-0.3, -0.25) is 4.79 Å². The zero-order valence-electron chi connectivity index (χ0n) is 9.92. The van der Waals surface area contributed by atoms with Crippen LogP contribution in [0.5, 0.6) is 0 Å². The Labute approximate surface area is 102 Å². The van der Waals surface area contributed by atoms with Gasteiger partial charge in [0.05, 0.1) is 0 Å². The first-order valence-corrected chi connectivity index (χ1v) is 7.30. The van der Waals surface area contributed by atoms with Crippen LogP contribution in [0.1, 0.15) is 18.9 Å². The second-order valence-electron chi connectivity index (χ2n) is 3.82. The van der Waals surface area contributed by atoms with Gasteiger partial charge >= 0.3 is 5.97 Å². The van der Waals surface area contributed by atoms with Crippen molar-refractivity contribution in [3.63, 3.8) is 0 Å². The van der Waals surface area contributed by atoms with Crippen molar-refractivity contribution in [3.05, 3.63) is 35.9 Å². The average molecular weight is 256 g/mol. The first kappa shape index (κ1) is 13.7. The predicted octanol–water partition coefficient (Wildman–Crippen LogP) is 1.55. The van der Waals surface area contributed by atoms with Crippen molar-refractivity contribution in [1.29, 1.82) is 0 Å². The largest absolute Gasteiger partial charge is 0.460 e. The Morgan fingerprint density at radius 3 is 2.35 bits per heavy atom. The zero-order chi connectivity index (χ0) is 12.9. The van der Waals surface area contributed by atoms with Crippen LogP contribution in [0.4, 0.5) is 0 Å². The number of hydrogen-bond acceptors (Lipinski definition) is 4. The molecular formula is C12H16O4S. The SMILES string of the molecule is CCC(C(=O)OCc1ccccc1)S(C)(=O)=O. The van der Waals surface area contributed by atoms with E-state index in [1.807, 2.05) is 30.3 Å². The maximum absolute atomic E-state index is 11.6. The van der Waals surface area contributed by atoms with Gasteiger partial charge in [-0.25, -0.2) is 8.42 Å². The molecule has 0 aliphatic rings. The minimum Gasteiger partial charge on any atom is -0.460 e. The van der Waals surface area contributed by atoms with Crippen molar-refractivity contribution < 1.29 is 17.9 Å². The number of ether oxygens (including phenoxy) is 1. The molecule has 1 unspecified atom stereocenters. The van der Waals surface area contributed by atoms with E-state index in [0.29, 0.717) is 0 Å². The monoisotopic (exact) mass is 256 g/mol. The Bertz CT molecular complexity index is 465. The summed E-state index contributed by atoms with van der Waals surface area (Å²) >= 11 is 0. The molecule has 0 radical (unpaired) electrons. The van der Waals surface area contributed by atoms with Crippen LogP contribution in [-0.4, -0.2) is 25.9 Å². The fourth-order valence-electron chi connectivity index (χ4n) is 1.47. The molecule has 1 aromatic rings. The van der Waals surface area contributed by atoms with E-state index >= 15 is 0 Å². The van der Waals surface area contributed by atoms with Gasteiger partial charge in [0.15, 0.2) is 15.1 Å². The Kier molecular flexibility index (Phi) is 4.69. The second kappa shape index (κ2) is 5.82. The molecule has 0 amide bonds. The van der Waals surface area contributed by atoms with Crippen LogP contribution >= 0.6 is 0 Å². The van der Waals surface area contributed by atoms with Crippen molar-refractivity contribution in [1.82, 2.24) is 0 Å². The molecule has 0 fully saturated rings. The molecule has 0 aliphatic carbocycles. The number of sulfone groups is 1. The van der Waals surface area contributed by atoms with Gasteiger partial charge in [-0.2, -0.15) is 0 Å². The smallest absolute Gasteiger partial charge is 0.324 e. The van der Waals surface area contributed by atoms with Crippen LogP contribution in [0, 0.1) is 0 Å². The van der Waals surface area contributed by atoms with Crippen molar-refractivity contribution in [2.24, 2.45) is 0 Å². The number of esters is 1. The van der Waals surface area contributed by atoms with E-state index in [9.17, 15) is 13.2 Å². The molecule has 0 saturated carbocycles. The highest BCUT2D eigenvalue weighted by Gasteiger charge is 2.28. The summed E-state index contributed by atoms with van der Waals surface area (Å²) in [5.74, 6) is -0.682. The molecule has 0 aliphatic heterocycles. The van der Waals surface area contributed by atoms with Gasteiger partial charge in [0.2, 0.25) is 0 Å². The molecular weight excluding hydrogens is 240 g/mol. The van der Waals surface area contributed by atoms with Crippen molar-refractivity contribution in [2.45, 2.75) is 25.2 Å². The lowest BCUT2D eigenvalue weighted by atomic mass is 10.2. The van der Waals surface area contributed by atoms with Gasteiger partial charge in [-0.1, -0.05) is 37.3 Å². The van der Waals surface area contributed by atoms with Crippen LogP contribution in [0.25, 0.3) is 0 Å². The third kappa shape index (κ3) is 4.19. The molecule has 1 aromatic carbocycles. The van der Waals surface area contributed by atoms with Gasteiger partial charge in [-0.15, -0.1) is 0 Å². The molecule has 0 saturated heterocycles. The van der Waals surface area contributed by atoms with Gasteiger partial charge in [0.1, 0.15) is 6.61 Å². The molecule has 4 nitrogen and oxygen atoms in total. The summed E-state index contributed by atoms with van der Waals surface area (Å²) in [6.07, 6.45) is 1.28. The van der Waals surface area contributed by atoms with Gasteiger partial charge in [-0.05, 0) is 12.0 Å². The van der Waals surface area contributed by atoms with E-state index in [2.05, 4.69) is 0 Å². The summed E-state index contributed by atoms with van der Waals surface area (Å²) in [6.45, 7) is 1.75. The minimum atomic E-state index is -3.39. The summed E-state index contributed by atoms with van der Waals surface area (Å²) in [5.41, 5.74) is 0.837. The zero-order valence-corrected chi connectivity index (χ0v) is 10.7. The molecule has 5 heteroatoms. The number of rotatable bonds is 5. The molecule has 1 rings (SSSR count). The van der Waals surface area contributed by atoms with Crippen LogP contribution < -0.4 is 0 Å². The fourth-order valence-corrected chi connectivity index (χ4v) is 2.49. The first-order valence-electron chi connectivity index (χ1n) is 5.34. The Morgan fingerprint density at radius 1 is 1.29 bits per heavy atom. The van der Waals surface area contributed by atoms with Gasteiger partial charge in [0.25, 0.3) is 0 Å². The van der Waals surface area contributed by atoms with Gasteiger partial charge in [0, 0.05) is 6.26 Å². The number of hydrogen-bond donors (Lipinski definition) is 0. The molecule has 0 N–H and O–H groups in total. The van der Waals surface area contributed by atoms with E-state index in [0.717, 1.165) is 11.8 Å². The number of carbonyl (C=O) groups excluding carboxylic acids is 1. The summed E-state index contributed by atoms with van der Waals surface area (Å²) in [6, 6.07) is 9.15. The highest BCUT2D eigenvalue weighted by atomic mass is 32.2. The molecule has 0 heterocycles. The number of benzene rings is 1. The Balaban J connectivity index is 2.61. The first-order chi connectivity index (χ1) is 7.95. The third-order valence-corrected chi connectivity index (χ3v) is 3.93. The van der Waals surface area contributed by atoms with Crippen molar-refractivity contribution in [3.8, 4) is 0 Å². The fraction of sp³-hybridized carbons (Fsp3) is 0.417. The Morgan fingerprint density at radius 2 is 1.88 bits per heavy atom. The average Bonchev–Trinajstić information content (AvgIpc) is 2.27. The van der Waals surface area contributed by atoms with Crippen LogP contribution in [0.3, 0.4) is 0 Å². The Hall–Kier alpha value is -1.36. The normalized spacial score (nSPS) is 13.1. The number of carbonyl (C=O) groups is 1.